The lowest BCUT2D eigenvalue weighted by Gasteiger charge is -2.38. The fourth-order valence-corrected chi connectivity index (χ4v) is 3.71. The van der Waals surface area contributed by atoms with Crippen molar-refractivity contribution in [2.45, 2.75) is 64.3 Å². The molecule has 0 aromatic heterocycles. The van der Waals surface area contributed by atoms with Gasteiger partial charge in [0.2, 0.25) is 5.91 Å². The highest BCUT2D eigenvalue weighted by Gasteiger charge is 2.35. The van der Waals surface area contributed by atoms with E-state index in [-0.39, 0.29) is 17.4 Å². The van der Waals surface area contributed by atoms with E-state index < -0.39 is 0 Å². The summed E-state index contributed by atoms with van der Waals surface area (Å²) in [5, 5.41) is 0. The number of benzene rings is 1. The molecule has 3 heteroatoms. The van der Waals surface area contributed by atoms with E-state index in [4.69, 9.17) is 11.5 Å². The predicted octanol–water partition coefficient (Wildman–Crippen LogP) is 3.46. The normalized spacial score (nSPS) is 19.1. The highest BCUT2D eigenvalue weighted by Crippen LogP contribution is 2.45. The summed E-state index contributed by atoms with van der Waals surface area (Å²) in [6.45, 7) is 2.15. The second-order valence-electron chi connectivity index (χ2n) is 6.61. The Labute approximate surface area is 128 Å². The zero-order valence-electron chi connectivity index (χ0n) is 13.1. The molecule has 0 aliphatic heterocycles. The summed E-state index contributed by atoms with van der Waals surface area (Å²) in [4.78, 5) is 11.5. The zero-order valence-corrected chi connectivity index (χ0v) is 13.1. The van der Waals surface area contributed by atoms with Gasteiger partial charge >= 0.3 is 0 Å². The fraction of sp³-hybridized carbons (Fsp3) is 0.611. The second kappa shape index (κ2) is 7.08. The minimum atomic E-state index is -0.189. The van der Waals surface area contributed by atoms with Crippen LogP contribution in [0.2, 0.25) is 0 Å². The van der Waals surface area contributed by atoms with Crippen LogP contribution in [0, 0.1) is 5.41 Å². The van der Waals surface area contributed by atoms with E-state index in [0.717, 1.165) is 25.7 Å². The zero-order chi connectivity index (χ0) is 15.3. The van der Waals surface area contributed by atoms with Gasteiger partial charge in [-0.2, -0.15) is 0 Å². The molecule has 0 spiro atoms. The third-order valence-corrected chi connectivity index (χ3v) is 4.93. The fourth-order valence-electron chi connectivity index (χ4n) is 3.71. The summed E-state index contributed by atoms with van der Waals surface area (Å²) < 4.78 is 0. The quantitative estimate of drug-likeness (QED) is 0.841. The minimum Gasteiger partial charge on any atom is -0.370 e. The van der Waals surface area contributed by atoms with Crippen molar-refractivity contribution >= 4 is 5.91 Å². The first-order valence-corrected chi connectivity index (χ1v) is 8.17. The Morgan fingerprint density at radius 2 is 1.81 bits per heavy atom. The number of rotatable bonds is 6. The van der Waals surface area contributed by atoms with E-state index in [1.54, 1.807) is 0 Å². The average Bonchev–Trinajstić information content (AvgIpc) is 2.47. The molecule has 1 amide bonds. The van der Waals surface area contributed by atoms with Crippen molar-refractivity contribution in [1.82, 2.24) is 0 Å². The number of amides is 1. The second-order valence-corrected chi connectivity index (χ2v) is 6.61. The SMILES string of the molecule is CCc1ccc(C(N)CC2(CC(N)=O)CCCCC2)cc1. The van der Waals surface area contributed by atoms with Crippen molar-refractivity contribution in [2.75, 3.05) is 0 Å². The van der Waals surface area contributed by atoms with E-state index >= 15 is 0 Å². The standard InChI is InChI=1S/C18H28N2O/c1-2-14-6-8-15(9-7-14)16(19)12-18(13-17(20)21)10-4-3-5-11-18/h6-9,16H,2-5,10-13,19H2,1H3,(H2,20,21). The van der Waals surface area contributed by atoms with Gasteiger partial charge in [-0.1, -0.05) is 50.5 Å². The van der Waals surface area contributed by atoms with Crippen molar-refractivity contribution in [3.05, 3.63) is 35.4 Å². The van der Waals surface area contributed by atoms with Crippen molar-refractivity contribution in [3.8, 4) is 0 Å². The van der Waals surface area contributed by atoms with Crippen LogP contribution in [-0.4, -0.2) is 5.91 Å². The molecule has 2 rings (SSSR count). The number of hydrogen-bond donors (Lipinski definition) is 2. The lowest BCUT2D eigenvalue weighted by atomic mass is 9.67. The monoisotopic (exact) mass is 288 g/mol. The lowest BCUT2D eigenvalue weighted by molar-refractivity contribution is -0.121. The Morgan fingerprint density at radius 1 is 1.19 bits per heavy atom. The van der Waals surface area contributed by atoms with Gasteiger partial charge in [0.05, 0.1) is 0 Å². The first-order valence-electron chi connectivity index (χ1n) is 8.17. The van der Waals surface area contributed by atoms with Crippen LogP contribution in [0.15, 0.2) is 24.3 Å². The van der Waals surface area contributed by atoms with Gasteiger partial charge in [0.15, 0.2) is 0 Å². The van der Waals surface area contributed by atoms with Gasteiger partial charge in [-0.05, 0) is 42.2 Å². The van der Waals surface area contributed by atoms with E-state index in [1.807, 2.05) is 0 Å². The van der Waals surface area contributed by atoms with Gasteiger partial charge in [0, 0.05) is 12.5 Å². The molecule has 0 bridgehead atoms. The molecule has 1 saturated carbocycles. The maximum Gasteiger partial charge on any atom is 0.217 e. The van der Waals surface area contributed by atoms with Gasteiger partial charge in [-0.25, -0.2) is 0 Å². The van der Waals surface area contributed by atoms with Crippen LogP contribution in [0.3, 0.4) is 0 Å². The molecule has 21 heavy (non-hydrogen) atoms. The third-order valence-electron chi connectivity index (χ3n) is 4.93. The molecule has 1 unspecified atom stereocenters. The van der Waals surface area contributed by atoms with E-state index in [9.17, 15) is 4.79 Å². The third kappa shape index (κ3) is 4.31. The summed E-state index contributed by atoms with van der Waals surface area (Å²) in [7, 11) is 0. The smallest absolute Gasteiger partial charge is 0.217 e. The first-order chi connectivity index (χ1) is 10.0. The Hall–Kier alpha value is -1.35. The molecule has 1 aliphatic carbocycles. The molecule has 0 saturated heterocycles. The topological polar surface area (TPSA) is 69.1 Å². The molecular weight excluding hydrogens is 260 g/mol. The van der Waals surface area contributed by atoms with Crippen molar-refractivity contribution in [3.63, 3.8) is 0 Å². The molecule has 4 N–H and O–H groups in total. The Bertz CT molecular complexity index is 461. The van der Waals surface area contributed by atoms with Gasteiger partial charge in [-0.15, -0.1) is 0 Å². The number of nitrogens with two attached hydrogens (primary N) is 2. The molecule has 1 fully saturated rings. The molecule has 1 aliphatic rings. The molecule has 0 radical (unpaired) electrons. The molecule has 1 aromatic rings. The van der Waals surface area contributed by atoms with Crippen LogP contribution in [0.1, 0.15) is 69.0 Å². The van der Waals surface area contributed by atoms with Crippen LogP contribution in [0.5, 0.6) is 0 Å². The maximum absolute atomic E-state index is 11.5. The minimum absolute atomic E-state index is 0.00615. The van der Waals surface area contributed by atoms with Crippen LogP contribution in [0.25, 0.3) is 0 Å². The highest BCUT2D eigenvalue weighted by molar-refractivity contribution is 5.74. The van der Waals surface area contributed by atoms with Gasteiger partial charge in [0.25, 0.3) is 0 Å². The molecule has 1 atom stereocenters. The van der Waals surface area contributed by atoms with Crippen molar-refractivity contribution in [1.29, 1.82) is 0 Å². The Morgan fingerprint density at radius 3 is 2.33 bits per heavy atom. The molecule has 3 nitrogen and oxygen atoms in total. The molecular formula is C18H28N2O. The van der Waals surface area contributed by atoms with Gasteiger partial charge < -0.3 is 11.5 Å². The van der Waals surface area contributed by atoms with Crippen LogP contribution >= 0.6 is 0 Å². The van der Waals surface area contributed by atoms with E-state index in [2.05, 4.69) is 31.2 Å². The van der Waals surface area contributed by atoms with Crippen LogP contribution in [0.4, 0.5) is 0 Å². The van der Waals surface area contributed by atoms with Gasteiger partial charge in [0.1, 0.15) is 0 Å². The van der Waals surface area contributed by atoms with Crippen molar-refractivity contribution < 1.29 is 4.79 Å². The summed E-state index contributed by atoms with van der Waals surface area (Å²) >= 11 is 0. The largest absolute Gasteiger partial charge is 0.370 e. The van der Waals surface area contributed by atoms with Crippen LogP contribution < -0.4 is 11.5 Å². The summed E-state index contributed by atoms with van der Waals surface area (Å²) in [5.41, 5.74) is 14.4. The Balaban J connectivity index is 2.09. The number of hydrogen-bond acceptors (Lipinski definition) is 2. The number of carbonyl (C=O) groups is 1. The molecule has 0 heterocycles. The van der Waals surface area contributed by atoms with Crippen molar-refractivity contribution in [2.24, 2.45) is 16.9 Å². The summed E-state index contributed by atoms with van der Waals surface area (Å²) in [6, 6.07) is 8.55. The predicted molar refractivity (Wildman–Crippen MR) is 86.7 cm³/mol. The Kier molecular flexibility index (Phi) is 5.40. The van der Waals surface area contributed by atoms with E-state index in [0.29, 0.717) is 6.42 Å². The van der Waals surface area contributed by atoms with Crippen LogP contribution in [-0.2, 0) is 11.2 Å². The average molecular weight is 288 g/mol. The lowest BCUT2D eigenvalue weighted by Crippen LogP contribution is -2.33. The maximum atomic E-state index is 11.5. The number of aryl methyl sites for hydroxylation is 1. The first kappa shape index (κ1) is 16.0. The highest BCUT2D eigenvalue weighted by atomic mass is 16.1. The number of carbonyl (C=O) groups excluding carboxylic acids is 1. The summed E-state index contributed by atoms with van der Waals surface area (Å²) in [6.07, 6.45) is 8.19. The molecule has 1 aromatic carbocycles. The van der Waals surface area contributed by atoms with E-state index in [1.165, 1.54) is 30.4 Å². The summed E-state index contributed by atoms with van der Waals surface area (Å²) in [5.74, 6) is -0.189. The molecule has 116 valence electrons. The number of primary amides is 1. The van der Waals surface area contributed by atoms with Gasteiger partial charge in [-0.3, -0.25) is 4.79 Å².